The number of rotatable bonds is 6. The van der Waals surface area contributed by atoms with Crippen molar-refractivity contribution in [3.63, 3.8) is 0 Å². The van der Waals surface area contributed by atoms with E-state index < -0.39 is 11.8 Å². The lowest BCUT2D eigenvalue weighted by Gasteiger charge is -2.11. The number of carbonyl (C=O) groups is 2. The number of amides is 2. The normalized spacial score (nSPS) is 10.9. The monoisotopic (exact) mass is 428 g/mol. The molecule has 9 heteroatoms. The van der Waals surface area contributed by atoms with Crippen molar-refractivity contribution in [1.29, 1.82) is 0 Å². The van der Waals surface area contributed by atoms with Gasteiger partial charge in [-0.25, -0.2) is 5.43 Å². The van der Waals surface area contributed by atoms with E-state index in [0.717, 1.165) is 22.6 Å². The van der Waals surface area contributed by atoms with Crippen LogP contribution >= 0.6 is 11.6 Å². The molecule has 2 heterocycles. The smallest absolute Gasteiger partial charge is 0.329 e. The standard InChI is InChI=1S/C21H21ClN4O4/c1-13-9-15(14(2)26(13)16-6-7-19(29-3)18(22)10-16)11-24-25-21(28)20(27)23-12-17-5-4-8-30-17/h4-11H,12H2,1-3H3,(H,23,27)(H,25,28)/b24-11-. The van der Waals surface area contributed by atoms with Gasteiger partial charge in [0.2, 0.25) is 0 Å². The van der Waals surface area contributed by atoms with Crippen molar-refractivity contribution in [2.24, 2.45) is 5.10 Å². The number of aromatic nitrogens is 1. The van der Waals surface area contributed by atoms with Gasteiger partial charge >= 0.3 is 11.8 Å². The number of carbonyl (C=O) groups excluding carboxylic acids is 2. The molecule has 2 amide bonds. The lowest BCUT2D eigenvalue weighted by molar-refractivity contribution is -0.139. The van der Waals surface area contributed by atoms with Crippen LogP contribution in [0.2, 0.25) is 5.02 Å². The van der Waals surface area contributed by atoms with E-state index in [4.69, 9.17) is 20.8 Å². The average molecular weight is 429 g/mol. The maximum absolute atomic E-state index is 11.9. The Balaban J connectivity index is 1.66. The summed E-state index contributed by atoms with van der Waals surface area (Å²) in [6.07, 6.45) is 2.98. The Morgan fingerprint density at radius 1 is 1.23 bits per heavy atom. The van der Waals surface area contributed by atoms with Crippen LogP contribution in [0, 0.1) is 13.8 Å². The molecule has 0 unspecified atom stereocenters. The topological polar surface area (TPSA) is 97.9 Å². The Labute approximate surface area is 178 Å². The zero-order valence-electron chi connectivity index (χ0n) is 16.7. The van der Waals surface area contributed by atoms with Gasteiger partial charge in [0, 0.05) is 22.6 Å². The maximum atomic E-state index is 11.9. The third-order valence-electron chi connectivity index (χ3n) is 4.44. The highest BCUT2D eigenvalue weighted by atomic mass is 35.5. The van der Waals surface area contributed by atoms with Gasteiger partial charge in [0.05, 0.1) is 31.2 Å². The SMILES string of the molecule is COc1ccc(-n2c(C)cc(/C=N\NC(=O)C(=O)NCc3ccco3)c2C)cc1Cl. The molecular formula is C21H21ClN4O4. The number of halogens is 1. The van der Waals surface area contributed by atoms with E-state index in [1.807, 2.05) is 36.6 Å². The summed E-state index contributed by atoms with van der Waals surface area (Å²) in [5, 5.41) is 6.85. The largest absolute Gasteiger partial charge is 0.495 e. The second-order valence-electron chi connectivity index (χ2n) is 6.44. The third-order valence-corrected chi connectivity index (χ3v) is 4.74. The summed E-state index contributed by atoms with van der Waals surface area (Å²) in [5.74, 6) is -0.529. The van der Waals surface area contributed by atoms with E-state index in [-0.39, 0.29) is 6.54 Å². The fourth-order valence-electron chi connectivity index (χ4n) is 2.98. The lowest BCUT2D eigenvalue weighted by Crippen LogP contribution is -2.37. The highest BCUT2D eigenvalue weighted by molar-refractivity contribution is 6.35. The molecule has 156 valence electrons. The number of ether oxygens (including phenoxy) is 1. The Morgan fingerprint density at radius 3 is 2.70 bits per heavy atom. The van der Waals surface area contributed by atoms with E-state index in [1.54, 1.807) is 25.3 Å². The highest BCUT2D eigenvalue weighted by Gasteiger charge is 2.14. The summed E-state index contributed by atoms with van der Waals surface area (Å²) in [7, 11) is 1.56. The molecule has 0 saturated heterocycles. The van der Waals surface area contributed by atoms with E-state index >= 15 is 0 Å². The van der Waals surface area contributed by atoms with Crippen molar-refractivity contribution in [1.82, 2.24) is 15.3 Å². The zero-order valence-corrected chi connectivity index (χ0v) is 17.5. The molecule has 2 N–H and O–H groups in total. The Hall–Kier alpha value is -3.52. The van der Waals surface area contributed by atoms with Crippen molar-refractivity contribution in [2.75, 3.05) is 7.11 Å². The van der Waals surface area contributed by atoms with Crippen LogP contribution < -0.4 is 15.5 Å². The molecule has 0 spiro atoms. The van der Waals surface area contributed by atoms with Gasteiger partial charge in [0.25, 0.3) is 0 Å². The van der Waals surface area contributed by atoms with Crippen LogP contribution in [0.4, 0.5) is 0 Å². The predicted molar refractivity (Wildman–Crippen MR) is 113 cm³/mol. The van der Waals surface area contributed by atoms with Crippen LogP contribution in [0.5, 0.6) is 5.75 Å². The van der Waals surface area contributed by atoms with Crippen molar-refractivity contribution < 1.29 is 18.7 Å². The van der Waals surface area contributed by atoms with Gasteiger partial charge < -0.3 is 19.0 Å². The number of hydrogen-bond acceptors (Lipinski definition) is 5. The predicted octanol–water partition coefficient (Wildman–Crippen LogP) is 3.12. The molecule has 30 heavy (non-hydrogen) atoms. The van der Waals surface area contributed by atoms with Crippen molar-refractivity contribution in [3.05, 3.63) is 70.4 Å². The van der Waals surface area contributed by atoms with Crippen LogP contribution in [0.15, 0.2) is 52.2 Å². The molecule has 8 nitrogen and oxygen atoms in total. The molecule has 0 fully saturated rings. The quantitative estimate of drug-likeness (QED) is 0.358. The molecule has 3 aromatic rings. The first kappa shape index (κ1) is 21.2. The second kappa shape index (κ2) is 9.32. The second-order valence-corrected chi connectivity index (χ2v) is 6.85. The van der Waals surface area contributed by atoms with Gasteiger partial charge in [-0.05, 0) is 50.2 Å². The Bertz CT molecular complexity index is 1090. The van der Waals surface area contributed by atoms with Crippen LogP contribution in [0.25, 0.3) is 5.69 Å². The van der Waals surface area contributed by atoms with E-state index in [1.165, 1.54) is 12.5 Å². The number of hydrogen-bond donors (Lipinski definition) is 2. The fraction of sp³-hybridized carbons (Fsp3) is 0.190. The zero-order chi connectivity index (χ0) is 21.7. The van der Waals surface area contributed by atoms with Crippen molar-refractivity contribution in [2.45, 2.75) is 20.4 Å². The maximum Gasteiger partial charge on any atom is 0.329 e. The highest BCUT2D eigenvalue weighted by Crippen LogP contribution is 2.28. The summed E-state index contributed by atoms with van der Waals surface area (Å²) < 4.78 is 12.3. The molecule has 0 aliphatic carbocycles. The van der Waals surface area contributed by atoms with Gasteiger partial charge in [0.15, 0.2) is 0 Å². The number of nitrogens with zero attached hydrogens (tertiary/aromatic N) is 2. The number of aryl methyl sites for hydroxylation is 1. The van der Waals surface area contributed by atoms with Crippen molar-refractivity contribution >= 4 is 29.6 Å². The van der Waals surface area contributed by atoms with Crippen LogP contribution in [-0.2, 0) is 16.1 Å². The van der Waals surface area contributed by atoms with Crippen LogP contribution in [0.1, 0.15) is 22.7 Å². The first-order chi connectivity index (χ1) is 14.4. The molecule has 1 aromatic carbocycles. The van der Waals surface area contributed by atoms with Gasteiger partial charge in [0.1, 0.15) is 11.5 Å². The van der Waals surface area contributed by atoms with Crippen LogP contribution in [0.3, 0.4) is 0 Å². The molecule has 0 saturated carbocycles. The van der Waals surface area contributed by atoms with Gasteiger partial charge in [-0.1, -0.05) is 11.6 Å². The lowest BCUT2D eigenvalue weighted by atomic mass is 10.2. The summed E-state index contributed by atoms with van der Waals surface area (Å²) >= 11 is 6.24. The molecule has 3 rings (SSSR count). The van der Waals surface area contributed by atoms with E-state index in [9.17, 15) is 9.59 Å². The molecule has 0 bridgehead atoms. The van der Waals surface area contributed by atoms with Gasteiger partial charge in [-0.2, -0.15) is 5.10 Å². The first-order valence-electron chi connectivity index (χ1n) is 9.07. The van der Waals surface area contributed by atoms with E-state index in [0.29, 0.717) is 16.5 Å². The molecule has 2 aromatic heterocycles. The summed E-state index contributed by atoms with van der Waals surface area (Å²) in [6.45, 7) is 3.99. The molecule has 0 radical (unpaired) electrons. The average Bonchev–Trinajstić information content (AvgIpc) is 3.34. The minimum Gasteiger partial charge on any atom is -0.495 e. The number of furan rings is 1. The fourth-order valence-corrected chi connectivity index (χ4v) is 3.23. The summed E-state index contributed by atoms with van der Waals surface area (Å²) in [4.78, 5) is 23.7. The van der Waals surface area contributed by atoms with Crippen molar-refractivity contribution in [3.8, 4) is 11.4 Å². The summed E-state index contributed by atoms with van der Waals surface area (Å²) in [6, 6.07) is 10.8. The molecule has 0 aliphatic heterocycles. The van der Waals surface area contributed by atoms with Crippen LogP contribution in [-0.4, -0.2) is 29.7 Å². The molecule has 0 aliphatic rings. The number of benzene rings is 1. The van der Waals surface area contributed by atoms with Gasteiger partial charge in [-0.3, -0.25) is 9.59 Å². The van der Waals surface area contributed by atoms with Gasteiger partial charge in [-0.15, -0.1) is 0 Å². The summed E-state index contributed by atoms with van der Waals surface area (Å²) in [5.41, 5.74) is 5.74. The molecular weight excluding hydrogens is 408 g/mol. The third kappa shape index (κ3) is 4.72. The van der Waals surface area contributed by atoms with E-state index in [2.05, 4.69) is 15.8 Å². The minimum atomic E-state index is -0.867. The Kier molecular flexibility index (Phi) is 6.58. The molecule has 0 atom stereocenters. The first-order valence-corrected chi connectivity index (χ1v) is 9.45. The number of methoxy groups -OCH3 is 1. The minimum absolute atomic E-state index is 0.120. The number of nitrogens with one attached hydrogen (secondary N) is 2. The Morgan fingerprint density at radius 2 is 2.03 bits per heavy atom. The number of hydrazone groups is 1.